The second-order valence-corrected chi connectivity index (χ2v) is 9.17. The number of hydrogen-bond acceptors (Lipinski definition) is 6. The molecule has 0 spiro atoms. The van der Waals surface area contributed by atoms with E-state index in [9.17, 15) is 4.79 Å². The third-order valence-corrected chi connectivity index (χ3v) is 6.49. The highest BCUT2D eigenvalue weighted by Crippen LogP contribution is 2.36. The molecule has 0 unspecified atom stereocenters. The number of furan rings is 1. The lowest BCUT2D eigenvalue weighted by Crippen LogP contribution is -2.30. The molecule has 0 aliphatic heterocycles. The van der Waals surface area contributed by atoms with Crippen molar-refractivity contribution in [1.29, 1.82) is 0 Å². The fraction of sp³-hybridized carbons (Fsp3) is 0.296. The second kappa shape index (κ2) is 11.8. The lowest BCUT2D eigenvalue weighted by Gasteiger charge is -2.19. The van der Waals surface area contributed by atoms with Crippen LogP contribution < -0.4 is 10.1 Å². The van der Waals surface area contributed by atoms with Crippen molar-refractivity contribution in [2.24, 2.45) is 0 Å². The van der Waals surface area contributed by atoms with Gasteiger partial charge < -0.3 is 19.2 Å². The van der Waals surface area contributed by atoms with Crippen LogP contribution in [0.4, 0.5) is 0 Å². The van der Waals surface area contributed by atoms with Gasteiger partial charge in [0, 0.05) is 60.1 Å². The number of rotatable bonds is 12. The summed E-state index contributed by atoms with van der Waals surface area (Å²) in [6.07, 6.45) is 4.22. The van der Waals surface area contributed by atoms with Crippen molar-refractivity contribution in [1.82, 2.24) is 10.2 Å². The highest BCUT2D eigenvalue weighted by atomic mass is 32.1. The van der Waals surface area contributed by atoms with Gasteiger partial charge in [0.25, 0.3) is 5.91 Å². The maximum absolute atomic E-state index is 12.2. The summed E-state index contributed by atoms with van der Waals surface area (Å²) in [6.45, 7) is 2.59. The molecular weight excluding hydrogens is 448 g/mol. The fourth-order valence-electron chi connectivity index (χ4n) is 3.89. The number of thiophene rings is 1. The third kappa shape index (κ3) is 6.26. The van der Waals surface area contributed by atoms with Gasteiger partial charge in [-0.15, -0.1) is 11.3 Å². The van der Waals surface area contributed by atoms with E-state index in [1.165, 1.54) is 15.6 Å². The van der Waals surface area contributed by atoms with Crippen molar-refractivity contribution in [3.63, 3.8) is 0 Å². The molecule has 6 nitrogen and oxygen atoms in total. The predicted molar refractivity (Wildman–Crippen MR) is 136 cm³/mol. The SMILES string of the molecule is COCCCNC(=O)COc1ccc(-c2csc3ccccc23)cc1CN(C)Cc1ccoc1. The Bertz CT molecular complexity index is 1200. The Hall–Kier alpha value is -3.13. The van der Waals surface area contributed by atoms with Crippen LogP contribution in [0.15, 0.2) is 70.9 Å². The lowest BCUT2D eigenvalue weighted by molar-refractivity contribution is -0.123. The van der Waals surface area contributed by atoms with E-state index in [0.717, 1.165) is 35.4 Å². The van der Waals surface area contributed by atoms with Gasteiger partial charge in [-0.05, 0) is 48.7 Å². The van der Waals surface area contributed by atoms with Gasteiger partial charge in [0.1, 0.15) is 5.75 Å². The van der Waals surface area contributed by atoms with Gasteiger partial charge in [-0.1, -0.05) is 24.3 Å². The van der Waals surface area contributed by atoms with Crippen molar-refractivity contribution in [2.45, 2.75) is 19.5 Å². The van der Waals surface area contributed by atoms with Gasteiger partial charge >= 0.3 is 0 Å². The molecule has 4 rings (SSSR count). The second-order valence-electron chi connectivity index (χ2n) is 8.26. The van der Waals surface area contributed by atoms with Crippen molar-refractivity contribution in [2.75, 3.05) is 33.9 Å². The van der Waals surface area contributed by atoms with Crippen LogP contribution in [0, 0.1) is 0 Å². The number of ether oxygens (including phenoxy) is 2. The standard InChI is InChI=1S/C27H30N2O4S/c1-29(15-20-10-13-32-17-20)16-22-14-21(24-19-34-26-7-4-3-6-23(24)26)8-9-25(22)33-18-27(30)28-11-5-12-31-2/h3-4,6-10,13-14,17,19H,5,11-12,15-16,18H2,1-2H3,(H,28,30). The molecule has 0 aliphatic carbocycles. The lowest BCUT2D eigenvalue weighted by atomic mass is 10.0. The minimum Gasteiger partial charge on any atom is -0.483 e. The monoisotopic (exact) mass is 478 g/mol. The normalized spacial score (nSPS) is 11.3. The van der Waals surface area contributed by atoms with Gasteiger partial charge in [0.15, 0.2) is 6.61 Å². The van der Waals surface area contributed by atoms with Crippen LogP contribution >= 0.6 is 11.3 Å². The van der Waals surface area contributed by atoms with Gasteiger partial charge in [-0.3, -0.25) is 9.69 Å². The summed E-state index contributed by atoms with van der Waals surface area (Å²) in [4.78, 5) is 14.4. The van der Waals surface area contributed by atoms with Crippen LogP contribution in [-0.4, -0.2) is 44.7 Å². The Morgan fingerprint density at radius 3 is 2.85 bits per heavy atom. The molecule has 34 heavy (non-hydrogen) atoms. The van der Waals surface area contributed by atoms with Crippen LogP contribution in [0.5, 0.6) is 5.75 Å². The first kappa shape index (κ1) is 24.0. The minimum absolute atomic E-state index is 0.0217. The molecule has 0 bridgehead atoms. The van der Waals surface area contributed by atoms with Crippen molar-refractivity contribution >= 4 is 27.3 Å². The fourth-order valence-corrected chi connectivity index (χ4v) is 4.86. The van der Waals surface area contributed by atoms with E-state index in [4.69, 9.17) is 13.9 Å². The molecule has 0 atom stereocenters. The molecule has 2 aromatic carbocycles. The number of nitrogens with one attached hydrogen (secondary N) is 1. The molecule has 0 fully saturated rings. The predicted octanol–water partition coefficient (Wildman–Crippen LogP) is 5.32. The molecule has 4 aromatic rings. The molecule has 178 valence electrons. The quantitative estimate of drug-likeness (QED) is 0.279. The van der Waals surface area contributed by atoms with E-state index in [2.05, 4.69) is 59.0 Å². The maximum atomic E-state index is 12.2. The highest BCUT2D eigenvalue weighted by molar-refractivity contribution is 7.17. The van der Waals surface area contributed by atoms with E-state index in [1.807, 2.05) is 12.1 Å². The molecule has 1 amide bonds. The van der Waals surface area contributed by atoms with Crippen molar-refractivity contribution in [3.8, 4) is 16.9 Å². The summed E-state index contributed by atoms with van der Waals surface area (Å²) < 4.78 is 17.5. The number of carbonyl (C=O) groups excluding carboxylic acids is 1. The van der Waals surface area contributed by atoms with E-state index >= 15 is 0 Å². The first-order valence-corrected chi connectivity index (χ1v) is 12.2. The van der Waals surface area contributed by atoms with Crippen LogP contribution in [0.1, 0.15) is 17.5 Å². The topological polar surface area (TPSA) is 63.9 Å². The van der Waals surface area contributed by atoms with Crippen LogP contribution in [0.2, 0.25) is 0 Å². The number of nitrogens with zero attached hydrogens (tertiary/aromatic N) is 1. The number of hydrogen-bond donors (Lipinski definition) is 1. The first-order chi connectivity index (χ1) is 16.6. The molecule has 0 aliphatic rings. The van der Waals surface area contributed by atoms with Crippen LogP contribution in [0.3, 0.4) is 0 Å². The molecular formula is C27H30N2O4S. The summed E-state index contributed by atoms with van der Waals surface area (Å²) in [5, 5.41) is 6.31. The Morgan fingerprint density at radius 2 is 2.03 bits per heavy atom. The average Bonchev–Trinajstić information content (AvgIpc) is 3.51. The largest absolute Gasteiger partial charge is 0.483 e. The van der Waals surface area contributed by atoms with E-state index in [0.29, 0.717) is 19.7 Å². The smallest absolute Gasteiger partial charge is 0.257 e. The summed E-state index contributed by atoms with van der Waals surface area (Å²) >= 11 is 1.75. The van der Waals surface area contributed by atoms with E-state index in [-0.39, 0.29) is 12.5 Å². The molecule has 1 N–H and O–H groups in total. The Labute approximate surface area is 204 Å². The zero-order valence-corrected chi connectivity index (χ0v) is 20.4. The molecule has 0 saturated carbocycles. The van der Waals surface area contributed by atoms with E-state index < -0.39 is 0 Å². The number of benzene rings is 2. The van der Waals surface area contributed by atoms with Crippen molar-refractivity contribution in [3.05, 3.63) is 77.6 Å². The van der Waals surface area contributed by atoms with Crippen LogP contribution in [-0.2, 0) is 22.6 Å². The Balaban J connectivity index is 1.52. The molecule has 2 heterocycles. The molecule has 2 aromatic heterocycles. The van der Waals surface area contributed by atoms with Crippen LogP contribution in [0.25, 0.3) is 21.2 Å². The summed E-state index contributed by atoms with van der Waals surface area (Å²) in [5.41, 5.74) is 4.49. The number of fused-ring (bicyclic) bond motifs is 1. The van der Waals surface area contributed by atoms with Gasteiger partial charge in [0.2, 0.25) is 0 Å². The van der Waals surface area contributed by atoms with Crippen molar-refractivity contribution < 1.29 is 18.7 Å². The average molecular weight is 479 g/mol. The van der Waals surface area contributed by atoms with Gasteiger partial charge in [-0.2, -0.15) is 0 Å². The Kier molecular flexibility index (Phi) is 8.36. The summed E-state index contributed by atoms with van der Waals surface area (Å²) in [5.74, 6) is 0.580. The molecule has 7 heteroatoms. The van der Waals surface area contributed by atoms with Gasteiger partial charge in [-0.25, -0.2) is 0 Å². The molecule has 0 saturated heterocycles. The maximum Gasteiger partial charge on any atom is 0.257 e. The number of amides is 1. The highest BCUT2D eigenvalue weighted by Gasteiger charge is 2.14. The number of methoxy groups -OCH3 is 1. The van der Waals surface area contributed by atoms with Gasteiger partial charge in [0.05, 0.1) is 12.5 Å². The zero-order chi connectivity index (χ0) is 23.8. The summed E-state index contributed by atoms with van der Waals surface area (Å²) in [7, 11) is 3.71. The summed E-state index contributed by atoms with van der Waals surface area (Å²) in [6, 6.07) is 16.6. The van der Waals surface area contributed by atoms with E-state index in [1.54, 1.807) is 31.0 Å². The zero-order valence-electron chi connectivity index (χ0n) is 19.6. The first-order valence-electron chi connectivity index (χ1n) is 11.3. The Morgan fingerprint density at radius 1 is 1.15 bits per heavy atom. The minimum atomic E-state index is -0.137. The number of carbonyl (C=O) groups is 1. The molecule has 0 radical (unpaired) electrons. The third-order valence-electron chi connectivity index (χ3n) is 5.53.